The number of amides is 3. The van der Waals surface area contributed by atoms with Crippen molar-refractivity contribution in [3.05, 3.63) is 64.6 Å². The van der Waals surface area contributed by atoms with Gasteiger partial charge < -0.3 is 4.42 Å². The van der Waals surface area contributed by atoms with Gasteiger partial charge in [0, 0.05) is 5.56 Å². The third-order valence-corrected chi connectivity index (χ3v) is 4.31. The van der Waals surface area contributed by atoms with Crippen LogP contribution in [0.25, 0.3) is 0 Å². The van der Waals surface area contributed by atoms with Crippen LogP contribution >= 0.6 is 11.3 Å². The Morgan fingerprint density at radius 1 is 1.20 bits per heavy atom. The summed E-state index contributed by atoms with van der Waals surface area (Å²) in [6, 6.07) is 7.76. The van der Waals surface area contributed by atoms with E-state index in [2.05, 4.69) is 15.5 Å². The van der Waals surface area contributed by atoms with E-state index in [1.165, 1.54) is 41.3 Å². The summed E-state index contributed by atoms with van der Waals surface area (Å²) in [5.41, 5.74) is 2.22. The van der Waals surface area contributed by atoms with E-state index in [0.717, 1.165) is 4.90 Å². The average Bonchev–Trinajstić information content (AvgIpc) is 3.35. The normalized spacial score (nSPS) is 13.2. The van der Waals surface area contributed by atoms with Crippen molar-refractivity contribution < 1.29 is 18.8 Å². The Kier molecular flexibility index (Phi) is 3.62. The molecule has 0 bridgehead atoms. The highest BCUT2D eigenvalue weighted by atomic mass is 32.1. The van der Waals surface area contributed by atoms with Gasteiger partial charge in [0.15, 0.2) is 0 Å². The minimum Gasteiger partial charge on any atom is -0.467 e. The number of benzene rings is 1. The van der Waals surface area contributed by atoms with E-state index in [0.29, 0.717) is 10.9 Å². The van der Waals surface area contributed by atoms with Crippen molar-refractivity contribution >= 4 is 34.2 Å². The molecule has 124 valence electrons. The maximum Gasteiger partial charge on any atom is 0.261 e. The molecule has 3 heterocycles. The first-order chi connectivity index (χ1) is 12.1. The number of imide groups is 1. The first kappa shape index (κ1) is 15.2. The van der Waals surface area contributed by atoms with E-state index in [1.807, 2.05) is 0 Å². The van der Waals surface area contributed by atoms with Gasteiger partial charge in [-0.25, -0.2) is 0 Å². The van der Waals surface area contributed by atoms with Crippen molar-refractivity contribution in [1.29, 1.82) is 0 Å². The van der Waals surface area contributed by atoms with E-state index in [4.69, 9.17) is 4.42 Å². The molecular weight excluding hydrogens is 344 g/mol. The topological polar surface area (TPSA) is 105 Å². The van der Waals surface area contributed by atoms with Crippen LogP contribution in [0.3, 0.4) is 0 Å². The molecule has 0 fully saturated rings. The van der Waals surface area contributed by atoms with Gasteiger partial charge in [-0.1, -0.05) is 11.3 Å². The van der Waals surface area contributed by atoms with Gasteiger partial charge in [0.2, 0.25) is 5.13 Å². The summed E-state index contributed by atoms with van der Waals surface area (Å²) in [5.74, 6) is -0.789. The van der Waals surface area contributed by atoms with E-state index in [9.17, 15) is 14.4 Å². The first-order valence-corrected chi connectivity index (χ1v) is 8.11. The number of rotatable bonds is 4. The van der Waals surface area contributed by atoms with Crippen LogP contribution in [0.4, 0.5) is 5.13 Å². The van der Waals surface area contributed by atoms with Crippen molar-refractivity contribution in [3.63, 3.8) is 0 Å². The van der Waals surface area contributed by atoms with Crippen molar-refractivity contribution in [2.24, 2.45) is 0 Å². The maximum atomic E-state index is 12.5. The van der Waals surface area contributed by atoms with Gasteiger partial charge in [0.1, 0.15) is 11.3 Å². The Balaban J connectivity index is 1.59. The molecule has 3 aromatic rings. The molecule has 0 saturated heterocycles. The molecule has 4 rings (SSSR count). The molecule has 3 amide bonds. The third-order valence-electron chi connectivity index (χ3n) is 3.71. The van der Waals surface area contributed by atoms with Gasteiger partial charge in [0.05, 0.1) is 23.9 Å². The summed E-state index contributed by atoms with van der Waals surface area (Å²) in [5, 5.41) is 10.3. The van der Waals surface area contributed by atoms with Crippen molar-refractivity contribution in [2.45, 2.75) is 6.54 Å². The molecule has 1 aliphatic heterocycles. The lowest BCUT2D eigenvalue weighted by Crippen LogP contribution is -2.28. The van der Waals surface area contributed by atoms with Gasteiger partial charge in [-0.15, -0.1) is 10.2 Å². The lowest BCUT2D eigenvalue weighted by molar-refractivity contribution is 0.0631. The number of carbonyl (C=O) groups excluding carboxylic acids is 3. The number of furan rings is 1. The highest BCUT2D eigenvalue weighted by Crippen LogP contribution is 2.26. The van der Waals surface area contributed by atoms with Crippen LogP contribution in [-0.4, -0.2) is 32.8 Å². The quantitative estimate of drug-likeness (QED) is 0.720. The summed E-state index contributed by atoms with van der Waals surface area (Å²) < 4.78 is 5.19. The zero-order chi connectivity index (χ0) is 17.4. The van der Waals surface area contributed by atoms with Gasteiger partial charge in [-0.2, -0.15) is 0 Å². The molecule has 0 spiro atoms. The van der Waals surface area contributed by atoms with E-state index < -0.39 is 17.7 Å². The number of aromatic nitrogens is 2. The molecule has 0 unspecified atom stereocenters. The summed E-state index contributed by atoms with van der Waals surface area (Å²) in [6.07, 6.45) is 1.48. The van der Waals surface area contributed by atoms with E-state index in [-0.39, 0.29) is 23.2 Å². The first-order valence-electron chi connectivity index (χ1n) is 7.23. The number of anilines is 1. The molecule has 1 aliphatic rings. The maximum absolute atomic E-state index is 12.5. The molecule has 0 saturated carbocycles. The fourth-order valence-corrected chi connectivity index (χ4v) is 2.97. The van der Waals surface area contributed by atoms with Gasteiger partial charge >= 0.3 is 0 Å². The third kappa shape index (κ3) is 2.70. The minimum atomic E-state index is -0.457. The molecular formula is C16H10N4O4S. The largest absolute Gasteiger partial charge is 0.467 e. The van der Waals surface area contributed by atoms with Crippen LogP contribution in [0.1, 0.15) is 36.8 Å². The number of hydrogen-bond donors (Lipinski definition) is 1. The Morgan fingerprint density at radius 3 is 2.76 bits per heavy atom. The lowest BCUT2D eigenvalue weighted by Gasteiger charge is -2.11. The lowest BCUT2D eigenvalue weighted by atomic mass is 10.1. The van der Waals surface area contributed by atoms with E-state index in [1.54, 1.807) is 12.1 Å². The second-order valence-corrected chi connectivity index (χ2v) is 6.07. The smallest absolute Gasteiger partial charge is 0.261 e. The fourth-order valence-electron chi connectivity index (χ4n) is 2.53. The summed E-state index contributed by atoms with van der Waals surface area (Å²) >= 11 is 1.18. The molecule has 1 N–H and O–H groups in total. The molecule has 25 heavy (non-hydrogen) atoms. The Morgan fingerprint density at radius 2 is 2.04 bits per heavy atom. The summed E-state index contributed by atoms with van der Waals surface area (Å²) in [7, 11) is 0. The predicted octanol–water partition coefficient (Wildman–Crippen LogP) is 2.18. The standard InChI is InChI=1S/C16H10N4O4S/c21-13(18-16-19-17-8-25-16)9-3-4-11-12(6-9)15(23)20(14(11)22)7-10-2-1-5-24-10/h1-6,8H,7H2,(H,18,19,21). The second kappa shape index (κ2) is 5.95. The molecule has 9 heteroatoms. The van der Waals surface area contributed by atoms with Gasteiger partial charge in [0.25, 0.3) is 17.7 Å². The molecule has 1 aromatic carbocycles. The zero-order valence-corrected chi connectivity index (χ0v) is 13.4. The molecule has 2 aromatic heterocycles. The number of nitrogens with zero attached hydrogens (tertiary/aromatic N) is 3. The Hall–Kier alpha value is -3.33. The second-order valence-electron chi connectivity index (χ2n) is 5.23. The van der Waals surface area contributed by atoms with Crippen LogP contribution in [0.5, 0.6) is 0 Å². The van der Waals surface area contributed by atoms with Crippen molar-refractivity contribution in [1.82, 2.24) is 15.1 Å². The SMILES string of the molecule is O=C(Nc1nncs1)c1ccc2c(c1)C(=O)N(Cc1ccco1)C2=O. The zero-order valence-electron chi connectivity index (χ0n) is 12.6. The van der Waals surface area contributed by atoms with Gasteiger partial charge in [-0.3, -0.25) is 24.6 Å². The minimum absolute atomic E-state index is 0.0473. The summed E-state index contributed by atoms with van der Waals surface area (Å²) in [4.78, 5) is 38.3. The number of nitrogens with one attached hydrogen (secondary N) is 1. The van der Waals surface area contributed by atoms with Crippen LogP contribution < -0.4 is 5.32 Å². The monoisotopic (exact) mass is 354 g/mol. The molecule has 8 nitrogen and oxygen atoms in total. The Bertz CT molecular complexity index is 966. The van der Waals surface area contributed by atoms with Crippen LogP contribution in [0.2, 0.25) is 0 Å². The highest BCUT2D eigenvalue weighted by Gasteiger charge is 2.36. The summed E-state index contributed by atoms with van der Waals surface area (Å²) in [6.45, 7) is 0.0473. The number of hydrogen-bond acceptors (Lipinski definition) is 7. The van der Waals surface area contributed by atoms with Crippen LogP contribution in [0.15, 0.2) is 46.5 Å². The number of fused-ring (bicyclic) bond motifs is 1. The average molecular weight is 354 g/mol. The predicted molar refractivity (Wildman–Crippen MR) is 87.2 cm³/mol. The van der Waals surface area contributed by atoms with Crippen molar-refractivity contribution in [2.75, 3.05) is 5.32 Å². The van der Waals surface area contributed by atoms with Crippen LogP contribution in [0, 0.1) is 0 Å². The fraction of sp³-hybridized carbons (Fsp3) is 0.0625. The number of carbonyl (C=O) groups is 3. The van der Waals surface area contributed by atoms with E-state index >= 15 is 0 Å². The van der Waals surface area contributed by atoms with Crippen LogP contribution in [-0.2, 0) is 6.54 Å². The molecule has 0 atom stereocenters. The van der Waals surface area contributed by atoms with Gasteiger partial charge in [-0.05, 0) is 30.3 Å². The van der Waals surface area contributed by atoms with Crippen molar-refractivity contribution in [3.8, 4) is 0 Å². The molecule has 0 aliphatic carbocycles. The molecule has 0 radical (unpaired) electrons. The highest BCUT2D eigenvalue weighted by molar-refractivity contribution is 7.13. The Labute approximate surface area is 145 Å².